The Labute approximate surface area is 90.0 Å². The number of carboxylic acids is 1. The first kappa shape index (κ1) is 13.9. The monoisotopic (exact) mass is 216 g/mol. The Morgan fingerprint density at radius 1 is 1.33 bits per heavy atom. The van der Waals surface area contributed by atoms with Gasteiger partial charge >= 0.3 is 5.97 Å². The van der Waals surface area contributed by atoms with Crippen LogP contribution in [-0.4, -0.2) is 29.1 Å². The van der Waals surface area contributed by atoms with Crippen LogP contribution < -0.4 is 11.1 Å². The summed E-state index contributed by atoms with van der Waals surface area (Å²) >= 11 is 0. The van der Waals surface area contributed by atoms with Gasteiger partial charge in [-0.25, -0.2) is 4.79 Å². The van der Waals surface area contributed by atoms with Gasteiger partial charge in [0.2, 0.25) is 5.91 Å². The smallest absolute Gasteiger partial charge is 0.326 e. The highest BCUT2D eigenvalue weighted by atomic mass is 16.4. The summed E-state index contributed by atoms with van der Waals surface area (Å²) < 4.78 is 0. The van der Waals surface area contributed by atoms with E-state index in [1.54, 1.807) is 13.8 Å². The lowest BCUT2D eigenvalue weighted by Crippen LogP contribution is -2.50. The van der Waals surface area contributed by atoms with Crippen molar-refractivity contribution >= 4 is 11.9 Å². The maximum atomic E-state index is 11.4. The zero-order valence-electron chi connectivity index (χ0n) is 9.49. The van der Waals surface area contributed by atoms with Gasteiger partial charge in [0.05, 0.1) is 6.04 Å². The fourth-order valence-corrected chi connectivity index (χ4v) is 1.13. The second kappa shape index (κ2) is 6.40. The summed E-state index contributed by atoms with van der Waals surface area (Å²) in [6.45, 7) is 5.45. The van der Waals surface area contributed by atoms with E-state index < -0.39 is 24.0 Å². The predicted octanol–water partition coefficient (Wildman–Crippen LogP) is 0.339. The molecule has 2 unspecified atom stereocenters. The average molecular weight is 216 g/mol. The maximum absolute atomic E-state index is 11.4. The van der Waals surface area contributed by atoms with Crippen molar-refractivity contribution in [2.24, 2.45) is 11.7 Å². The molecule has 0 aromatic rings. The number of amides is 1. The molecule has 0 fully saturated rings. The molecule has 88 valence electrons. The molecular weight excluding hydrogens is 196 g/mol. The van der Waals surface area contributed by atoms with Gasteiger partial charge in [0, 0.05) is 0 Å². The molecule has 0 aliphatic rings. The second-order valence-corrected chi connectivity index (χ2v) is 3.72. The Hall–Kier alpha value is -1.10. The lowest BCUT2D eigenvalue weighted by molar-refractivity contribution is -0.143. The molecule has 0 aliphatic carbocycles. The van der Waals surface area contributed by atoms with Gasteiger partial charge < -0.3 is 16.2 Å². The molecular formula is C10H20N2O3. The van der Waals surface area contributed by atoms with Gasteiger partial charge in [-0.15, -0.1) is 0 Å². The van der Waals surface area contributed by atoms with Crippen LogP contribution in [0.1, 0.15) is 33.6 Å². The number of hydrogen-bond acceptors (Lipinski definition) is 3. The quantitative estimate of drug-likeness (QED) is 0.597. The van der Waals surface area contributed by atoms with Crippen molar-refractivity contribution in [2.75, 3.05) is 0 Å². The largest absolute Gasteiger partial charge is 0.480 e. The number of carbonyl (C=O) groups excluding carboxylic acids is 1. The molecule has 0 saturated heterocycles. The Morgan fingerprint density at radius 2 is 1.87 bits per heavy atom. The lowest BCUT2D eigenvalue weighted by Gasteiger charge is -2.21. The lowest BCUT2D eigenvalue weighted by atomic mass is 9.99. The van der Waals surface area contributed by atoms with Gasteiger partial charge in [0.1, 0.15) is 6.04 Å². The fourth-order valence-electron chi connectivity index (χ4n) is 1.13. The Balaban J connectivity index is 4.42. The number of carbonyl (C=O) groups is 2. The summed E-state index contributed by atoms with van der Waals surface area (Å²) in [4.78, 5) is 22.3. The van der Waals surface area contributed by atoms with Crippen LogP contribution in [0.15, 0.2) is 0 Å². The summed E-state index contributed by atoms with van der Waals surface area (Å²) in [5.41, 5.74) is 5.50. The summed E-state index contributed by atoms with van der Waals surface area (Å²) in [7, 11) is 0. The van der Waals surface area contributed by atoms with Crippen molar-refractivity contribution in [3.05, 3.63) is 0 Å². The average Bonchev–Trinajstić information content (AvgIpc) is 2.22. The van der Waals surface area contributed by atoms with E-state index in [9.17, 15) is 9.59 Å². The van der Waals surface area contributed by atoms with E-state index in [-0.39, 0.29) is 5.92 Å². The number of nitrogens with two attached hydrogens (primary N) is 1. The molecule has 0 rings (SSSR count). The third-order valence-corrected chi connectivity index (χ3v) is 2.55. The molecule has 0 bridgehead atoms. The molecule has 0 radical (unpaired) electrons. The number of hydrogen-bond donors (Lipinski definition) is 3. The number of nitrogens with one attached hydrogen (secondary N) is 1. The van der Waals surface area contributed by atoms with Gasteiger partial charge in [-0.3, -0.25) is 4.79 Å². The molecule has 5 nitrogen and oxygen atoms in total. The minimum Gasteiger partial charge on any atom is -0.480 e. The first-order valence-electron chi connectivity index (χ1n) is 5.22. The fraction of sp³-hybridized carbons (Fsp3) is 0.800. The van der Waals surface area contributed by atoms with Crippen molar-refractivity contribution < 1.29 is 14.7 Å². The molecule has 0 heterocycles. The molecule has 0 aliphatic heterocycles. The first-order chi connectivity index (χ1) is 6.93. The molecule has 15 heavy (non-hydrogen) atoms. The molecule has 4 N–H and O–H groups in total. The van der Waals surface area contributed by atoms with Crippen molar-refractivity contribution in [3.63, 3.8) is 0 Å². The van der Waals surface area contributed by atoms with Crippen LogP contribution in [0.3, 0.4) is 0 Å². The molecule has 5 heteroatoms. The van der Waals surface area contributed by atoms with E-state index in [4.69, 9.17) is 10.8 Å². The van der Waals surface area contributed by atoms with E-state index >= 15 is 0 Å². The predicted molar refractivity (Wildman–Crippen MR) is 57.3 cm³/mol. The third-order valence-electron chi connectivity index (χ3n) is 2.55. The van der Waals surface area contributed by atoms with E-state index in [1.807, 2.05) is 6.92 Å². The molecule has 0 aromatic heterocycles. The first-order valence-corrected chi connectivity index (χ1v) is 5.22. The standard InChI is InChI=1S/C10H20N2O3/c1-4-6(3)8(10(14)15)12-9(13)7(11)5-2/h6-8H,4-5,11H2,1-3H3,(H,12,13)(H,14,15)/t6?,7-,8?/m1/s1. The highest BCUT2D eigenvalue weighted by Gasteiger charge is 2.26. The number of carboxylic acid groups (broad SMARTS) is 1. The minimum atomic E-state index is -1.01. The normalized spacial score (nSPS) is 16.5. The zero-order chi connectivity index (χ0) is 12.0. The highest BCUT2D eigenvalue weighted by molar-refractivity contribution is 5.86. The highest BCUT2D eigenvalue weighted by Crippen LogP contribution is 2.08. The number of rotatable bonds is 6. The van der Waals surface area contributed by atoms with Crippen molar-refractivity contribution in [1.29, 1.82) is 0 Å². The summed E-state index contributed by atoms with van der Waals surface area (Å²) in [6, 6.07) is -1.48. The Bertz CT molecular complexity index is 231. The minimum absolute atomic E-state index is 0.101. The molecule has 0 saturated carbocycles. The maximum Gasteiger partial charge on any atom is 0.326 e. The topological polar surface area (TPSA) is 92.4 Å². The van der Waals surface area contributed by atoms with Crippen LogP contribution in [0.4, 0.5) is 0 Å². The SMILES string of the molecule is CCC(C)C(NC(=O)[C@H](N)CC)C(=O)O. The van der Waals surface area contributed by atoms with Gasteiger partial charge in [0.15, 0.2) is 0 Å². The van der Waals surface area contributed by atoms with Gasteiger partial charge in [0.25, 0.3) is 0 Å². The van der Waals surface area contributed by atoms with Crippen LogP contribution >= 0.6 is 0 Å². The van der Waals surface area contributed by atoms with Crippen LogP contribution in [0, 0.1) is 5.92 Å². The van der Waals surface area contributed by atoms with Gasteiger partial charge in [-0.1, -0.05) is 27.2 Å². The van der Waals surface area contributed by atoms with E-state index in [1.165, 1.54) is 0 Å². The van der Waals surface area contributed by atoms with Crippen molar-refractivity contribution in [3.8, 4) is 0 Å². The summed E-state index contributed by atoms with van der Waals surface area (Å²) in [5.74, 6) is -1.51. The Morgan fingerprint density at radius 3 is 2.20 bits per heavy atom. The van der Waals surface area contributed by atoms with E-state index in [2.05, 4.69) is 5.32 Å². The van der Waals surface area contributed by atoms with Crippen LogP contribution in [0.5, 0.6) is 0 Å². The van der Waals surface area contributed by atoms with Crippen LogP contribution in [0.25, 0.3) is 0 Å². The second-order valence-electron chi connectivity index (χ2n) is 3.72. The molecule has 1 amide bonds. The van der Waals surface area contributed by atoms with Crippen molar-refractivity contribution in [2.45, 2.75) is 45.7 Å². The molecule has 0 aromatic carbocycles. The molecule has 3 atom stereocenters. The summed E-state index contributed by atoms with van der Waals surface area (Å²) in [6.07, 6.45) is 1.19. The van der Waals surface area contributed by atoms with Gasteiger partial charge in [-0.05, 0) is 12.3 Å². The zero-order valence-corrected chi connectivity index (χ0v) is 9.49. The molecule has 0 spiro atoms. The van der Waals surface area contributed by atoms with Crippen LogP contribution in [-0.2, 0) is 9.59 Å². The van der Waals surface area contributed by atoms with E-state index in [0.717, 1.165) is 0 Å². The van der Waals surface area contributed by atoms with Gasteiger partial charge in [-0.2, -0.15) is 0 Å². The summed E-state index contributed by atoms with van der Waals surface area (Å²) in [5, 5.41) is 11.4. The van der Waals surface area contributed by atoms with Crippen molar-refractivity contribution in [1.82, 2.24) is 5.32 Å². The number of aliphatic carboxylic acids is 1. The van der Waals surface area contributed by atoms with E-state index in [0.29, 0.717) is 12.8 Å². The van der Waals surface area contributed by atoms with Crippen LogP contribution in [0.2, 0.25) is 0 Å². The third kappa shape index (κ3) is 4.29. The Kier molecular flexibility index (Phi) is 5.93.